The van der Waals surface area contributed by atoms with Crippen LogP contribution in [-0.2, 0) is 14.3 Å². The van der Waals surface area contributed by atoms with Crippen molar-refractivity contribution in [2.75, 3.05) is 67.1 Å². The number of hydrogen-bond donors (Lipinski definition) is 2. The lowest BCUT2D eigenvalue weighted by atomic mass is 9.58. The Morgan fingerprint density at radius 2 is 1.93 bits per heavy atom. The fraction of sp³-hybridized carbons (Fsp3) is 0.905. The Morgan fingerprint density at radius 3 is 2.50 bits per heavy atom. The Balaban J connectivity index is 0.00000450. The Bertz CT molecular complexity index is 537. The maximum absolute atomic E-state index is 12.0. The van der Waals surface area contributed by atoms with E-state index in [-0.39, 0.29) is 47.9 Å². The largest absolute Gasteiger partial charge is 0.381 e. The molecule has 0 aromatic carbocycles. The van der Waals surface area contributed by atoms with Gasteiger partial charge in [0.2, 0.25) is 5.91 Å². The van der Waals surface area contributed by atoms with E-state index in [9.17, 15) is 4.79 Å². The third-order valence-corrected chi connectivity index (χ3v) is 6.62. The number of rotatable bonds is 10. The quantitative estimate of drug-likeness (QED) is 0.190. The molecule has 2 unspecified atom stereocenters. The Kier molecular flexibility index (Phi) is 12.5. The van der Waals surface area contributed by atoms with Crippen LogP contribution in [0.3, 0.4) is 0 Å². The first-order valence-corrected chi connectivity index (χ1v) is 11.0. The van der Waals surface area contributed by atoms with Gasteiger partial charge in [-0.2, -0.15) is 0 Å². The minimum Gasteiger partial charge on any atom is -0.381 e. The Hall–Kier alpha value is -0.650. The first kappa shape index (κ1) is 27.4. The van der Waals surface area contributed by atoms with E-state index < -0.39 is 0 Å². The van der Waals surface area contributed by atoms with E-state index in [1.54, 1.807) is 26.1 Å². The molecule has 0 bridgehead atoms. The Morgan fingerprint density at radius 1 is 1.27 bits per heavy atom. The molecule has 1 heterocycles. The fourth-order valence-electron chi connectivity index (χ4n) is 4.42. The Labute approximate surface area is 199 Å². The molecule has 1 aliphatic heterocycles. The highest BCUT2D eigenvalue weighted by Gasteiger charge is 2.53. The normalized spacial score (nSPS) is 23.8. The lowest BCUT2D eigenvalue weighted by Gasteiger charge is -2.55. The average Bonchev–Trinajstić information content (AvgIpc) is 2.72. The summed E-state index contributed by atoms with van der Waals surface area (Å²) in [5, 5.41) is 7.04. The van der Waals surface area contributed by atoms with Gasteiger partial charge in [-0.3, -0.25) is 9.69 Å². The predicted octanol–water partition coefficient (Wildman–Crippen LogP) is 1.54. The summed E-state index contributed by atoms with van der Waals surface area (Å²) in [6, 6.07) is 0.308. The molecule has 2 fully saturated rings. The van der Waals surface area contributed by atoms with Crippen molar-refractivity contribution in [2.24, 2.45) is 10.4 Å². The summed E-state index contributed by atoms with van der Waals surface area (Å²) in [4.78, 5) is 20.6. The van der Waals surface area contributed by atoms with E-state index in [1.807, 2.05) is 0 Å². The first-order chi connectivity index (χ1) is 14.0. The van der Waals surface area contributed by atoms with Crippen molar-refractivity contribution in [1.82, 2.24) is 20.4 Å². The fourth-order valence-corrected chi connectivity index (χ4v) is 4.42. The van der Waals surface area contributed by atoms with Crippen molar-refractivity contribution >= 4 is 35.8 Å². The molecule has 176 valence electrons. The molecule has 1 amide bonds. The summed E-state index contributed by atoms with van der Waals surface area (Å²) < 4.78 is 11.1. The second kappa shape index (κ2) is 13.7. The zero-order valence-corrected chi connectivity index (χ0v) is 21.7. The van der Waals surface area contributed by atoms with E-state index in [0.29, 0.717) is 6.04 Å². The van der Waals surface area contributed by atoms with Crippen LogP contribution in [0.1, 0.15) is 39.5 Å². The molecule has 30 heavy (non-hydrogen) atoms. The zero-order valence-electron chi connectivity index (χ0n) is 19.4. The minimum atomic E-state index is 0. The monoisotopic (exact) mass is 539 g/mol. The number of amides is 1. The molecule has 0 aromatic heterocycles. The molecule has 0 spiro atoms. The lowest BCUT2D eigenvalue weighted by Crippen LogP contribution is -2.65. The van der Waals surface area contributed by atoms with Crippen LogP contribution in [-0.4, -0.2) is 101 Å². The van der Waals surface area contributed by atoms with Crippen molar-refractivity contribution in [2.45, 2.75) is 51.7 Å². The van der Waals surface area contributed by atoms with Crippen LogP contribution in [0, 0.1) is 5.41 Å². The first-order valence-electron chi connectivity index (χ1n) is 11.0. The predicted molar refractivity (Wildman–Crippen MR) is 132 cm³/mol. The molecule has 1 saturated heterocycles. The van der Waals surface area contributed by atoms with E-state index in [4.69, 9.17) is 9.47 Å². The van der Waals surface area contributed by atoms with Gasteiger partial charge in [-0.1, -0.05) is 13.8 Å². The smallest absolute Gasteiger partial charge is 0.243 e. The summed E-state index contributed by atoms with van der Waals surface area (Å²) in [6.07, 6.45) is 4.39. The molecule has 0 radical (unpaired) electrons. The maximum atomic E-state index is 12.0. The maximum Gasteiger partial charge on any atom is 0.243 e. The SMILES string of the molecule is CCC1(CC)C(NC(=NCC(=O)N(C)C)NCCCN2CCOCC2)CC1OC.I. The van der Waals surface area contributed by atoms with Crippen LogP contribution in [0.2, 0.25) is 0 Å². The van der Waals surface area contributed by atoms with Crippen molar-refractivity contribution < 1.29 is 14.3 Å². The highest BCUT2D eigenvalue weighted by molar-refractivity contribution is 14.0. The van der Waals surface area contributed by atoms with Crippen molar-refractivity contribution in [3.8, 4) is 0 Å². The number of methoxy groups -OCH3 is 1. The number of carbonyl (C=O) groups is 1. The number of nitrogens with zero attached hydrogens (tertiary/aromatic N) is 3. The molecular formula is C21H42IN5O3. The van der Waals surface area contributed by atoms with Gasteiger partial charge >= 0.3 is 0 Å². The lowest BCUT2D eigenvalue weighted by molar-refractivity contribution is -0.127. The third kappa shape index (κ3) is 7.20. The van der Waals surface area contributed by atoms with Crippen LogP contribution < -0.4 is 10.6 Å². The van der Waals surface area contributed by atoms with E-state index in [1.165, 1.54) is 0 Å². The molecule has 2 atom stereocenters. The highest BCUT2D eigenvalue weighted by atomic mass is 127. The molecule has 1 aliphatic carbocycles. The summed E-state index contributed by atoms with van der Waals surface area (Å²) in [5.41, 5.74) is 0.122. The number of halogens is 1. The van der Waals surface area contributed by atoms with E-state index in [2.05, 4.69) is 34.4 Å². The van der Waals surface area contributed by atoms with Gasteiger partial charge in [-0.05, 0) is 32.2 Å². The van der Waals surface area contributed by atoms with E-state index >= 15 is 0 Å². The number of guanidine groups is 1. The van der Waals surface area contributed by atoms with Crippen LogP contribution in [0.25, 0.3) is 0 Å². The minimum absolute atomic E-state index is 0. The molecule has 0 aromatic rings. The number of aliphatic imine (C=N–C) groups is 1. The van der Waals surface area contributed by atoms with Crippen LogP contribution in [0.4, 0.5) is 0 Å². The summed E-state index contributed by atoms with van der Waals surface area (Å²) in [7, 11) is 5.32. The molecule has 9 heteroatoms. The molecule has 2 rings (SSSR count). The second-order valence-electron chi connectivity index (χ2n) is 8.28. The van der Waals surface area contributed by atoms with Crippen molar-refractivity contribution in [3.63, 3.8) is 0 Å². The number of morpholine rings is 1. The molecule has 2 aliphatic rings. The second-order valence-corrected chi connectivity index (χ2v) is 8.28. The van der Waals surface area contributed by atoms with Crippen molar-refractivity contribution in [3.05, 3.63) is 0 Å². The summed E-state index contributed by atoms with van der Waals surface area (Å²) in [5.74, 6) is 0.730. The number of ether oxygens (including phenoxy) is 2. The summed E-state index contributed by atoms with van der Waals surface area (Å²) >= 11 is 0. The zero-order chi connectivity index (χ0) is 21.3. The third-order valence-electron chi connectivity index (χ3n) is 6.62. The van der Waals surface area contributed by atoms with Gasteiger partial charge in [-0.25, -0.2) is 4.99 Å². The van der Waals surface area contributed by atoms with Gasteiger partial charge in [0.15, 0.2) is 5.96 Å². The summed E-state index contributed by atoms with van der Waals surface area (Å²) in [6.45, 7) is 10.1. The van der Waals surface area contributed by atoms with Gasteiger partial charge < -0.3 is 25.0 Å². The van der Waals surface area contributed by atoms with Gasteiger partial charge in [0.25, 0.3) is 0 Å². The number of nitrogens with one attached hydrogen (secondary N) is 2. The van der Waals surface area contributed by atoms with Gasteiger partial charge in [0, 0.05) is 52.3 Å². The highest BCUT2D eigenvalue weighted by Crippen LogP contribution is 2.48. The number of carbonyl (C=O) groups excluding carboxylic acids is 1. The average molecular weight is 540 g/mol. The molecule has 2 N–H and O–H groups in total. The van der Waals surface area contributed by atoms with Gasteiger partial charge in [0.05, 0.1) is 19.3 Å². The molecular weight excluding hydrogens is 497 g/mol. The van der Waals surface area contributed by atoms with Crippen LogP contribution >= 0.6 is 24.0 Å². The van der Waals surface area contributed by atoms with Gasteiger partial charge in [0.1, 0.15) is 6.54 Å². The standard InChI is InChI=1S/C21H41N5O3.HI/c1-6-21(7-2)17(15-18(21)28-5)24-20(23-16-19(27)25(3)4)22-9-8-10-26-11-13-29-14-12-26;/h17-18H,6-16H2,1-5H3,(H2,22,23,24);1H. The molecule has 1 saturated carbocycles. The van der Waals surface area contributed by atoms with Crippen molar-refractivity contribution in [1.29, 1.82) is 0 Å². The number of likely N-dealkylation sites (N-methyl/N-ethyl adjacent to an activating group) is 1. The van der Waals surface area contributed by atoms with Gasteiger partial charge in [-0.15, -0.1) is 24.0 Å². The van der Waals surface area contributed by atoms with Crippen LogP contribution in [0.15, 0.2) is 4.99 Å². The topological polar surface area (TPSA) is 78.4 Å². The van der Waals surface area contributed by atoms with Crippen LogP contribution in [0.5, 0.6) is 0 Å². The number of hydrogen-bond acceptors (Lipinski definition) is 5. The van der Waals surface area contributed by atoms with E-state index in [0.717, 1.165) is 71.0 Å². The molecule has 8 nitrogen and oxygen atoms in total.